The quantitative estimate of drug-likeness (QED) is 0.760. The number of anilines is 1. The molecule has 0 bridgehead atoms. The Morgan fingerprint density at radius 3 is 2.64 bits per heavy atom. The molecule has 1 aliphatic heterocycles. The zero-order valence-corrected chi connectivity index (χ0v) is 15.4. The SMILES string of the molecule is Cc1ccn2c(NC(=O)C3=NN(C)C(=O)CC3)c(-c3ccc(F)cc3)nc2c1. The molecule has 8 heteroatoms. The van der Waals surface area contributed by atoms with Gasteiger partial charge in [-0.3, -0.25) is 14.0 Å². The minimum absolute atomic E-state index is 0.131. The molecule has 28 heavy (non-hydrogen) atoms. The van der Waals surface area contributed by atoms with Gasteiger partial charge in [-0.05, 0) is 48.9 Å². The Kier molecular flexibility index (Phi) is 4.38. The number of pyridine rings is 1. The first-order chi connectivity index (χ1) is 13.4. The van der Waals surface area contributed by atoms with Crippen molar-refractivity contribution in [2.24, 2.45) is 5.10 Å². The second-order valence-corrected chi connectivity index (χ2v) is 6.67. The number of nitrogens with one attached hydrogen (secondary N) is 1. The van der Waals surface area contributed by atoms with E-state index in [1.807, 2.05) is 25.3 Å². The number of rotatable bonds is 3. The lowest BCUT2D eigenvalue weighted by Gasteiger charge is -2.19. The molecule has 1 aromatic carbocycles. The van der Waals surface area contributed by atoms with Crippen LogP contribution in [0.2, 0.25) is 0 Å². The fraction of sp³-hybridized carbons (Fsp3) is 0.200. The topological polar surface area (TPSA) is 79.1 Å². The number of nitrogens with zero attached hydrogens (tertiary/aromatic N) is 4. The molecule has 0 aliphatic carbocycles. The first-order valence-electron chi connectivity index (χ1n) is 8.82. The van der Waals surface area contributed by atoms with E-state index in [-0.39, 0.29) is 30.3 Å². The number of halogens is 1. The molecule has 0 spiro atoms. The molecule has 2 amide bonds. The molecule has 4 rings (SSSR count). The van der Waals surface area contributed by atoms with Crippen molar-refractivity contribution in [3.05, 3.63) is 54.0 Å². The Hall–Kier alpha value is -3.55. The summed E-state index contributed by atoms with van der Waals surface area (Å²) in [5.41, 5.74) is 3.16. The Morgan fingerprint density at radius 2 is 1.93 bits per heavy atom. The maximum atomic E-state index is 13.3. The number of benzene rings is 1. The van der Waals surface area contributed by atoms with Crippen molar-refractivity contribution in [2.45, 2.75) is 19.8 Å². The first kappa shape index (κ1) is 17.8. The molecule has 0 atom stereocenters. The van der Waals surface area contributed by atoms with Gasteiger partial charge >= 0.3 is 0 Å². The highest BCUT2D eigenvalue weighted by Gasteiger charge is 2.24. The Morgan fingerprint density at radius 1 is 1.18 bits per heavy atom. The second-order valence-electron chi connectivity index (χ2n) is 6.67. The molecule has 7 nitrogen and oxygen atoms in total. The normalized spacial score (nSPS) is 14.3. The molecule has 3 heterocycles. The van der Waals surface area contributed by atoms with E-state index < -0.39 is 5.91 Å². The number of hydrogen-bond acceptors (Lipinski definition) is 4. The van der Waals surface area contributed by atoms with E-state index in [0.717, 1.165) is 5.56 Å². The zero-order valence-electron chi connectivity index (χ0n) is 15.4. The number of aryl methyl sites for hydroxylation is 1. The monoisotopic (exact) mass is 379 g/mol. The Bertz CT molecular complexity index is 1120. The van der Waals surface area contributed by atoms with Crippen molar-refractivity contribution in [1.82, 2.24) is 14.4 Å². The minimum atomic E-state index is -0.398. The lowest BCUT2D eigenvalue weighted by Crippen LogP contribution is -2.34. The third-order valence-electron chi connectivity index (χ3n) is 4.60. The summed E-state index contributed by atoms with van der Waals surface area (Å²) in [4.78, 5) is 29.0. The van der Waals surface area contributed by atoms with Crippen LogP contribution in [0.1, 0.15) is 18.4 Å². The van der Waals surface area contributed by atoms with Gasteiger partial charge in [0.15, 0.2) is 0 Å². The van der Waals surface area contributed by atoms with Gasteiger partial charge in [-0.1, -0.05) is 0 Å². The van der Waals surface area contributed by atoms with Crippen LogP contribution in [-0.4, -0.2) is 39.0 Å². The molecule has 2 aromatic heterocycles. The van der Waals surface area contributed by atoms with Gasteiger partial charge in [-0.15, -0.1) is 0 Å². The maximum absolute atomic E-state index is 13.3. The van der Waals surface area contributed by atoms with Crippen LogP contribution in [0.15, 0.2) is 47.7 Å². The lowest BCUT2D eigenvalue weighted by molar-refractivity contribution is -0.130. The molecule has 0 saturated carbocycles. The molecular weight excluding hydrogens is 361 g/mol. The largest absolute Gasteiger partial charge is 0.305 e. The zero-order chi connectivity index (χ0) is 19.8. The molecule has 1 N–H and O–H groups in total. The summed E-state index contributed by atoms with van der Waals surface area (Å²) in [5, 5.41) is 8.11. The van der Waals surface area contributed by atoms with Crippen molar-refractivity contribution in [1.29, 1.82) is 0 Å². The molecule has 3 aromatic rings. The first-order valence-corrected chi connectivity index (χ1v) is 8.82. The lowest BCUT2D eigenvalue weighted by atomic mass is 10.1. The van der Waals surface area contributed by atoms with Crippen LogP contribution >= 0.6 is 0 Å². The number of fused-ring (bicyclic) bond motifs is 1. The molecule has 1 aliphatic rings. The third kappa shape index (κ3) is 3.24. The molecule has 0 saturated heterocycles. The number of carbonyl (C=O) groups excluding carboxylic acids is 2. The van der Waals surface area contributed by atoms with Gasteiger partial charge in [0, 0.05) is 31.6 Å². The summed E-state index contributed by atoms with van der Waals surface area (Å²) in [5.74, 6) is -0.411. The smallest absolute Gasteiger partial charge is 0.273 e. The van der Waals surface area contributed by atoms with Gasteiger partial charge in [-0.25, -0.2) is 14.4 Å². The molecule has 0 fully saturated rings. The van der Waals surface area contributed by atoms with Gasteiger partial charge in [0.05, 0.1) is 0 Å². The van der Waals surface area contributed by atoms with Crippen LogP contribution in [-0.2, 0) is 9.59 Å². The second kappa shape index (κ2) is 6.88. The molecule has 0 radical (unpaired) electrons. The fourth-order valence-electron chi connectivity index (χ4n) is 3.09. The summed E-state index contributed by atoms with van der Waals surface area (Å²) in [6, 6.07) is 9.73. The third-order valence-corrected chi connectivity index (χ3v) is 4.60. The molecule has 0 unspecified atom stereocenters. The van der Waals surface area contributed by atoms with Crippen molar-refractivity contribution >= 4 is 29.0 Å². The van der Waals surface area contributed by atoms with E-state index in [1.165, 1.54) is 24.2 Å². The van der Waals surface area contributed by atoms with Crippen LogP contribution < -0.4 is 5.32 Å². The van der Waals surface area contributed by atoms with Gasteiger partial charge < -0.3 is 5.32 Å². The van der Waals surface area contributed by atoms with E-state index in [2.05, 4.69) is 15.4 Å². The van der Waals surface area contributed by atoms with Crippen LogP contribution in [0.3, 0.4) is 0 Å². The van der Waals surface area contributed by atoms with E-state index >= 15 is 0 Å². The maximum Gasteiger partial charge on any atom is 0.273 e. The predicted octanol–water partition coefficient (Wildman–Crippen LogP) is 3.00. The Balaban J connectivity index is 1.77. The average molecular weight is 379 g/mol. The number of imidazole rings is 1. The van der Waals surface area contributed by atoms with Crippen LogP contribution in [0.5, 0.6) is 0 Å². The summed E-state index contributed by atoms with van der Waals surface area (Å²) in [7, 11) is 1.52. The fourth-order valence-corrected chi connectivity index (χ4v) is 3.09. The highest BCUT2D eigenvalue weighted by atomic mass is 19.1. The van der Waals surface area contributed by atoms with E-state index in [1.54, 1.807) is 16.5 Å². The van der Waals surface area contributed by atoms with Crippen molar-refractivity contribution in [3.8, 4) is 11.3 Å². The van der Waals surface area contributed by atoms with Crippen molar-refractivity contribution < 1.29 is 14.0 Å². The number of aromatic nitrogens is 2. The van der Waals surface area contributed by atoms with E-state index in [9.17, 15) is 14.0 Å². The highest BCUT2D eigenvalue weighted by Crippen LogP contribution is 2.29. The summed E-state index contributed by atoms with van der Waals surface area (Å²) < 4.78 is 15.1. The number of amides is 2. The summed E-state index contributed by atoms with van der Waals surface area (Å²) in [6.45, 7) is 1.95. The Labute approximate surface area is 160 Å². The average Bonchev–Trinajstić information content (AvgIpc) is 3.02. The number of hydrazone groups is 1. The van der Waals surface area contributed by atoms with E-state index in [0.29, 0.717) is 22.7 Å². The van der Waals surface area contributed by atoms with E-state index in [4.69, 9.17) is 0 Å². The minimum Gasteiger partial charge on any atom is -0.305 e. The summed E-state index contributed by atoms with van der Waals surface area (Å²) in [6.07, 6.45) is 2.33. The summed E-state index contributed by atoms with van der Waals surface area (Å²) >= 11 is 0. The standard InChI is InChI=1S/C20H18FN5O2/c1-12-9-10-26-16(11-12)22-18(13-3-5-14(21)6-4-13)19(26)23-20(28)15-7-8-17(27)25(2)24-15/h3-6,9-11H,7-8H2,1-2H3,(H,23,28). The molecule has 142 valence electrons. The number of carbonyl (C=O) groups is 2. The van der Waals surface area contributed by atoms with Crippen molar-refractivity contribution in [3.63, 3.8) is 0 Å². The molecular formula is C20H18FN5O2. The highest BCUT2D eigenvalue weighted by molar-refractivity contribution is 6.43. The number of hydrogen-bond donors (Lipinski definition) is 1. The van der Waals surface area contributed by atoms with Gasteiger partial charge in [-0.2, -0.15) is 5.10 Å². The van der Waals surface area contributed by atoms with Gasteiger partial charge in [0.1, 0.15) is 28.7 Å². The predicted molar refractivity (Wildman–Crippen MR) is 103 cm³/mol. The van der Waals surface area contributed by atoms with Gasteiger partial charge in [0.25, 0.3) is 5.91 Å². The van der Waals surface area contributed by atoms with Gasteiger partial charge in [0.2, 0.25) is 5.91 Å². The van der Waals surface area contributed by atoms with Crippen molar-refractivity contribution in [2.75, 3.05) is 12.4 Å². The van der Waals surface area contributed by atoms with Crippen LogP contribution in [0.4, 0.5) is 10.2 Å². The van der Waals surface area contributed by atoms with Crippen LogP contribution in [0, 0.1) is 12.7 Å². The van der Waals surface area contributed by atoms with Crippen LogP contribution in [0.25, 0.3) is 16.9 Å².